The van der Waals surface area contributed by atoms with Gasteiger partial charge in [0.15, 0.2) is 18.2 Å². The van der Waals surface area contributed by atoms with Crippen LogP contribution >= 0.6 is 11.6 Å². The van der Waals surface area contributed by atoms with Crippen LogP contribution in [0.25, 0.3) is 0 Å². The van der Waals surface area contributed by atoms with E-state index in [2.05, 4.69) is 19.4 Å². The number of aliphatic hydroxyl groups is 1. The smallest absolute Gasteiger partial charge is 0.343 e. The molecule has 0 unspecified atom stereocenters. The number of hydrogen-bond acceptors (Lipinski definition) is 14. The highest BCUT2D eigenvalue weighted by Gasteiger charge is 2.20. The molecule has 37 heavy (non-hydrogen) atoms. The van der Waals surface area contributed by atoms with Crippen molar-refractivity contribution in [3.8, 4) is 5.88 Å². The Morgan fingerprint density at radius 3 is 1.73 bits per heavy atom. The molecule has 0 saturated heterocycles. The fourth-order valence-corrected chi connectivity index (χ4v) is 2.06. The maximum absolute atomic E-state index is 11.1. The Balaban J connectivity index is 0.000000594. The highest BCUT2D eigenvalue weighted by atomic mass is 35.5. The van der Waals surface area contributed by atoms with Crippen molar-refractivity contribution < 1.29 is 48.3 Å². The molecule has 0 aromatic carbocycles. The zero-order valence-corrected chi connectivity index (χ0v) is 20.6. The highest BCUT2D eigenvalue weighted by molar-refractivity contribution is 6.31. The Morgan fingerprint density at radius 2 is 1.35 bits per heavy atom. The van der Waals surface area contributed by atoms with Crippen molar-refractivity contribution in [2.75, 3.05) is 27.4 Å². The molecule has 0 aliphatic carbocycles. The lowest BCUT2D eigenvalue weighted by molar-refractivity contribution is -0.386. The van der Waals surface area contributed by atoms with Crippen LogP contribution in [-0.4, -0.2) is 75.9 Å². The first-order valence-corrected chi connectivity index (χ1v) is 10.00. The van der Waals surface area contributed by atoms with Gasteiger partial charge in [-0.3, -0.25) is 29.8 Å². The van der Waals surface area contributed by atoms with E-state index in [-0.39, 0.29) is 39.4 Å². The summed E-state index contributed by atoms with van der Waals surface area (Å²) in [4.78, 5) is 69.3. The first-order valence-electron chi connectivity index (χ1n) is 9.62. The van der Waals surface area contributed by atoms with Gasteiger partial charge in [0.05, 0.1) is 24.1 Å². The quantitative estimate of drug-likeness (QED) is 0.164. The van der Waals surface area contributed by atoms with Gasteiger partial charge in [0, 0.05) is 35.7 Å². The number of pyridine rings is 2. The molecule has 0 atom stereocenters. The highest BCUT2D eigenvalue weighted by Crippen LogP contribution is 2.25. The second-order valence-electron chi connectivity index (χ2n) is 6.31. The Hall–Kier alpha value is -4.57. The van der Waals surface area contributed by atoms with Gasteiger partial charge in [-0.25, -0.2) is 19.6 Å². The van der Waals surface area contributed by atoms with E-state index in [1.54, 1.807) is 0 Å². The molecule has 2 aromatic rings. The van der Waals surface area contributed by atoms with Gasteiger partial charge in [-0.05, 0) is 13.8 Å². The summed E-state index contributed by atoms with van der Waals surface area (Å²) in [5.41, 5.74) is -0.566. The molecule has 0 fully saturated rings. The van der Waals surface area contributed by atoms with Crippen LogP contribution in [-0.2, 0) is 19.1 Å². The molecule has 0 saturated carbocycles. The van der Waals surface area contributed by atoms with Gasteiger partial charge in [-0.15, -0.1) is 0 Å². The first-order chi connectivity index (χ1) is 17.3. The largest absolute Gasteiger partial charge is 0.467 e. The number of carbonyl (C=O) groups excluding carboxylic acids is 4. The van der Waals surface area contributed by atoms with E-state index in [9.17, 15) is 39.4 Å². The number of esters is 2. The predicted octanol–water partition coefficient (Wildman–Crippen LogP) is 1.74. The van der Waals surface area contributed by atoms with Crippen molar-refractivity contribution >= 4 is 46.5 Å². The summed E-state index contributed by atoms with van der Waals surface area (Å²) < 4.78 is 13.2. The number of rotatable bonds is 8. The second kappa shape index (κ2) is 16.2. The van der Waals surface area contributed by atoms with E-state index in [1.807, 2.05) is 0 Å². The van der Waals surface area contributed by atoms with Crippen LogP contribution in [0, 0.1) is 20.2 Å². The lowest BCUT2D eigenvalue weighted by atomic mass is 10.2. The van der Waals surface area contributed by atoms with E-state index in [0.29, 0.717) is 0 Å². The Bertz CT molecular complexity index is 1170. The summed E-state index contributed by atoms with van der Waals surface area (Å²) in [6.07, 6.45) is 2.35. The van der Waals surface area contributed by atoms with Crippen LogP contribution in [0.1, 0.15) is 34.6 Å². The molecule has 17 heteroatoms. The van der Waals surface area contributed by atoms with Gasteiger partial charge in [0.2, 0.25) is 5.15 Å². The van der Waals surface area contributed by atoms with Crippen molar-refractivity contribution in [2.45, 2.75) is 13.8 Å². The molecule has 0 bridgehead atoms. The summed E-state index contributed by atoms with van der Waals surface area (Å²) >= 11 is 5.43. The number of halogens is 1. The summed E-state index contributed by atoms with van der Waals surface area (Å²) in [5.74, 6) is -2.27. The van der Waals surface area contributed by atoms with Crippen LogP contribution in [0.3, 0.4) is 0 Å². The van der Waals surface area contributed by atoms with Crippen LogP contribution in [0.2, 0.25) is 5.15 Å². The maximum Gasteiger partial charge on any atom is 0.343 e. The summed E-state index contributed by atoms with van der Waals surface area (Å²) in [5, 5.41) is 28.8. The number of carbonyl (C=O) groups is 4. The Morgan fingerprint density at radius 1 is 0.892 bits per heavy atom. The number of nitro groups is 2. The molecule has 0 amide bonds. The minimum Gasteiger partial charge on any atom is -0.467 e. The first kappa shape index (κ1) is 32.4. The van der Waals surface area contributed by atoms with Crippen molar-refractivity contribution in [1.82, 2.24) is 9.97 Å². The second-order valence-corrected chi connectivity index (χ2v) is 6.67. The number of aliphatic hydroxyl groups excluding tert-OH is 1. The third kappa shape index (κ3) is 11.6. The van der Waals surface area contributed by atoms with Crippen LogP contribution in [0.15, 0.2) is 24.5 Å². The molecule has 0 aliphatic heterocycles. The summed E-state index contributed by atoms with van der Waals surface area (Å²) in [6.45, 7) is 1.53. The monoisotopic (exact) mass is 544 g/mol. The molecule has 2 aromatic heterocycles. The lowest BCUT2D eigenvalue weighted by Crippen LogP contribution is -2.14. The molecule has 2 rings (SSSR count). The number of ketones is 2. The van der Waals surface area contributed by atoms with Crippen molar-refractivity contribution in [3.63, 3.8) is 0 Å². The number of hydrogen-bond donors (Lipinski definition) is 1. The fraction of sp³-hybridized carbons (Fsp3) is 0.300. The van der Waals surface area contributed by atoms with Gasteiger partial charge in [0.25, 0.3) is 5.88 Å². The fourth-order valence-electron chi connectivity index (χ4n) is 1.88. The predicted molar refractivity (Wildman–Crippen MR) is 123 cm³/mol. The van der Waals surface area contributed by atoms with E-state index >= 15 is 0 Å². The van der Waals surface area contributed by atoms with Crippen molar-refractivity contribution in [2.24, 2.45) is 0 Å². The van der Waals surface area contributed by atoms with E-state index < -0.39 is 40.7 Å². The van der Waals surface area contributed by atoms with Gasteiger partial charge < -0.3 is 19.3 Å². The van der Waals surface area contributed by atoms with E-state index in [1.165, 1.54) is 27.2 Å². The minimum absolute atomic E-state index is 0.0899. The number of Topliss-reactive ketones (excluding diaryl/α,β-unsaturated/α-hetero) is 2. The minimum atomic E-state index is -0.744. The van der Waals surface area contributed by atoms with E-state index in [0.717, 1.165) is 25.4 Å². The molecule has 1 N–H and O–H groups in total. The van der Waals surface area contributed by atoms with Crippen LogP contribution in [0.4, 0.5) is 11.4 Å². The molecular weight excluding hydrogens is 524 g/mol. The van der Waals surface area contributed by atoms with Crippen molar-refractivity contribution in [1.29, 1.82) is 0 Å². The molecule has 0 spiro atoms. The SMILES string of the molecule is CC(=O)c1cnc(Cl)c([N+](=O)[O-])c1.COC(=O)CO.COC(=O)COc1ncc(C(C)=O)cc1[N+](=O)[O-]. The normalized spacial score (nSPS) is 9.35. The average Bonchev–Trinajstić information content (AvgIpc) is 2.87. The number of aromatic nitrogens is 2. The Labute approximate surface area is 213 Å². The number of methoxy groups -OCH3 is 2. The maximum atomic E-state index is 11.1. The summed E-state index contributed by atoms with van der Waals surface area (Å²) in [6, 6.07) is 2.15. The zero-order chi connectivity index (χ0) is 28.7. The van der Waals surface area contributed by atoms with Crippen molar-refractivity contribution in [3.05, 3.63) is 61.0 Å². The molecule has 2 heterocycles. The van der Waals surface area contributed by atoms with Gasteiger partial charge in [-0.2, -0.15) is 0 Å². The molecule has 16 nitrogen and oxygen atoms in total. The lowest BCUT2D eigenvalue weighted by Gasteiger charge is -2.05. The van der Waals surface area contributed by atoms with Crippen LogP contribution < -0.4 is 4.74 Å². The average molecular weight is 545 g/mol. The molecule has 200 valence electrons. The van der Waals surface area contributed by atoms with Gasteiger partial charge >= 0.3 is 23.3 Å². The topological polar surface area (TPSA) is 228 Å². The third-order valence-electron chi connectivity index (χ3n) is 3.77. The number of nitrogens with zero attached hydrogens (tertiary/aromatic N) is 4. The summed E-state index contributed by atoms with van der Waals surface area (Å²) in [7, 11) is 2.38. The number of ether oxygens (including phenoxy) is 3. The van der Waals surface area contributed by atoms with Gasteiger partial charge in [-0.1, -0.05) is 11.6 Å². The molecule has 0 radical (unpaired) electrons. The third-order valence-corrected chi connectivity index (χ3v) is 4.06. The molecule has 0 aliphatic rings. The standard InChI is InChI=1S/C10H10N2O6.C7H5ClN2O3.C3H6O3/c1-6(13)7-3-8(12(15)16)10(11-4-7)18-5-9(14)17-2;1-4(11)5-2-6(10(12)13)7(8)9-3-5;1-6-3(5)2-4/h3-4H,5H2,1-2H3;2-3H,1H3;4H,2H2,1H3. The van der Waals surface area contributed by atoms with Crippen LogP contribution in [0.5, 0.6) is 5.88 Å². The van der Waals surface area contributed by atoms with E-state index in [4.69, 9.17) is 21.4 Å². The van der Waals surface area contributed by atoms with Gasteiger partial charge in [0.1, 0.15) is 6.61 Å². The Kier molecular flexibility index (Phi) is 14.2. The molecular formula is C20H21ClN4O12. The zero-order valence-electron chi connectivity index (χ0n) is 19.8.